The molecule has 0 radical (unpaired) electrons. The molecule has 0 aromatic heterocycles. The number of hydrogen-bond donors (Lipinski definition) is 1. The summed E-state index contributed by atoms with van der Waals surface area (Å²) in [6.45, 7) is 4.68. The van der Waals surface area contributed by atoms with Gasteiger partial charge in [0, 0.05) is 6.54 Å². The van der Waals surface area contributed by atoms with E-state index in [4.69, 9.17) is 0 Å². The largest absolute Gasteiger partial charge is 0.352 e. The number of rotatable bonds is 4. The second kappa shape index (κ2) is 6.66. The van der Waals surface area contributed by atoms with Crippen LogP contribution >= 0.6 is 0 Å². The molecule has 0 unspecified atom stereocenters. The standard InChI is InChI=1S/C21H21NO/c1-15-10-11-18(16(2)12-15)13-21(23)22-14-19-8-5-7-17-6-3-4-9-20(17)19/h3-12H,13-14H2,1-2H3,(H,22,23). The summed E-state index contributed by atoms with van der Waals surface area (Å²) in [5.74, 6) is 0.0601. The van der Waals surface area contributed by atoms with Crippen LogP contribution in [-0.2, 0) is 17.8 Å². The molecular formula is C21H21NO. The Morgan fingerprint density at radius 2 is 1.70 bits per heavy atom. The Hall–Kier alpha value is -2.61. The van der Waals surface area contributed by atoms with Gasteiger partial charge in [-0.15, -0.1) is 0 Å². The zero-order valence-electron chi connectivity index (χ0n) is 13.6. The van der Waals surface area contributed by atoms with Crippen molar-refractivity contribution in [2.75, 3.05) is 0 Å². The highest BCUT2D eigenvalue weighted by atomic mass is 16.1. The van der Waals surface area contributed by atoms with Crippen molar-refractivity contribution in [3.8, 4) is 0 Å². The minimum absolute atomic E-state index is 0.0601. The molecule has 0 spiro atoms. The summed E-state index contributed by atoms with van der Waals surface area (Å²) in [5.41, 5.74) is 4.64. The number of amides is 1. The Morgan fingerprint density at radius 3 is 2.52 bits per heavy atom. The van der Waals surface area contributed by atoms with Crippen LogP contribution in [0.5, 0.6) is 0 Å². The Balaban J connectivity index is 1.69. The fourth-order valence-corrected chi connectivity index (χ4v) is 2.92. The van der Waals surface area contributed by atoms with Crippen LogP contribution < -0.4 is 5.32 Å². The van der Waals surface area contributed by atoms with Crippen molar-refractivity contribution in [1.82, 2.24) is 5.32 Å². The average molecular weight is 303 g/mol. The minimum Gasteiger partial charge on any atom is -0.352 e. The van der Waals surface area contributed by atoms with Gasteiger partial charge in [0.2, 0.25) is 5.91 Å². The van der Waals surface area contributed by atoms with Crippen molar-refractivity contribution in [3.05, 3.63) is 82.9 Å². The quantitative estimate of drug-likeness (QED) is 0.764. The molecule has 0 aliphatic carbocycles. The molecule has 3 rings (SSSR count). The number of nitrogens with one attached hydrogen (secondary N) is 1. The van der Waals surface area contributed by atoms with E-state index in [0.29, 0.717) is 13.0 Å². The van der Waals surface area contributed by atoms with Crippen molar-refractivity contribution >= 4 is 16.7 Å². The van der Waals surface area contributed by atoms with Crippen LogP contribution in [0.3, 0.4) is 0 Å². The van der Waals surface area contributed by atoms with Crippen LogP contribution in [-0.4, -0.2) is 5.91 Å². The summed E-state index contributed by atoms with van der Waals surface area (Å²) >= 11 is 0. The monoisotopic (exact) mass is 303 g/mol. The number of benzene rings is 3. The predicted molar refractivity (Wildman–Crippen MR) is 95.4 cm³/mol. The van der Waals surface area contributed by atoms with Crippen LogP contribution in [0.1, 0.15) is 22.3 Å². The number of fused-ring (bicyclic) bond motifs is 1. The molecule has 3 aromatic rings. The third-order valence-electron chi connectivity index (χ3n) is 4.21. The molecule has 2 nitrogen and oxygen atoms in total. The molecule has 0 fully saturated rings. The van der Waals surface area contributed by atoms with Crippen molar-refractivity contribution < 1.29 is 4.79 Å². The summed E-state index contributed by atoms with van der Waals surface area (Å²) < 4.78 is 0. The predicted octanol–water partition coefficient (Wildman–Crippen LogP) is 4.32. The second-order valence-corrected chi connectivity index (χ2v) is 6.02. The molecule has 0 aliphatic heterocycles. The summed E-state index contributed by atoms with van der Waals surface area (Å²) in [7, 11) is 0. The summed E-state index contributed by atoms with van der Waals surface area (Å²) in [5, 5.41) is 5.44. The van der Waals surface area contributed by atoms with Gasteiger partial charge in [0.25, 0.3) is 0 Å². The van der Waals surface area contributed by atoms with E-state index in [1.165, 1.54) is 21.9 Å². The van der Waals surface area contributed by atoms with E-state index in [2.05, 4.69) is 55.6 Å². The van der Waals surface area contributed by atoms with E-state index in [-0.39, 0.29) is 5.91 Å². The van der Waals surface area contributed by atoms with Crippen LogP contribution in [0.4, 0.5) is 0 Å². The highest BCUT2D eigenvalue weighted by Gasteiger charge is 2.07. The smallest absolute Gasteiger partial charge is 0.224 e. The van der Waals surface area contributed by atoms with Crippen molar-refractivity contribution in [3.63, 3.8) is 0 Å². The highest BCUT2D eigenvalue weighted by Crippen LogP contribution is 2.18. The maximum atomic E-state index is 12.2. The molecule has 0 heterocycles. The minimum atomic E-state index is 0.0601. The first-order valence-electron chi connectivity index (χ1n) is 7.93. The fourth-order valence-electron chi connectivity index (χ4n) is 2.92. The number of carbonyl (C=O) groups is 1. The molecule has 0 aliphatic rings. The first-order valence-corrected chi connectivity index (χ1v) is 7.93. The molecule has 3 aromatic carbocycles. The Bertz CT molecular complexity index is 846. The number of hydrogen-bond acceptors (Lipinski definition) is 1. The SMILES string of the molecule is Cc1ccc(CC(=O)NCc2cccc3ccccc23)c(C)c1. The lowest BCUT2D eigenvalue weighted by atomic mass is 10.0. The average Bonchev–Trinajstić information content (AvgIpc) is 2.55. The first kappa shape index (κ1) is 15.3. The lowest BCUT2D eigenvalue weighted by Crippen LogP contribution is -2.25. The van der Waals surface area contributed by atoms with Crippen LogP contribution in [0, 0.1) is 13.8 Å². The molecule has 1 amide bonds. The molecule has 1 N–H and O–H groups in total. The molecule has 0 saturated carbocycles. The number of carbonyl (C=O) groups excluding carboxylic acids is 1. The van der Waals surface area contributed by atoms with Gasteiger partial charge < -0.3 is 5.32 Å². The lowest BCUT2D eigenvalue weighted by molar-refractivity contribution is -0.120. The topological polar surface area (TPSA) is 29.1 Å². The zero-order valence-corrected chi connectivity index (χ0v) is 13.6. The molecule has 0 saturated heterocycles. The van der Waals surface area contributed by atoms with E-state index >= 15 is 0 Å². The van der Waals surface area contributed by atoms with Gasteiger partial charge in [-0.25, -0.2) is 0 Å². The van der Waals surface area contributed by atoms with Crippen molar-refractivity contribution in [2.24, 2.45) is 0 Å². The molecule has 116 valence electrons. The first-order chi connectivity index (χ1) is 11.1. The third kappa shape index (κ3) is 3.59. The molecular weight excluding hydrogens is 282 g/mol. The lowest BCUT2D eigenvalue weighted by Gasteiger charge is -2.10. The second-order valence-electron chi connectivity index (χ2n) is 6.02. The molecule has 23 heavy (non-hydrogen) atoms. The summed E-state index contributed by atoms with van der Waals surface area (Å²) in [6.07, 6.45) is 0.427. The van der Waals surface area contributed by atoms with Crippen molar-refractivity contribution in [1.29, 1.82) is 0 Å². The van der Waals surface area contributed by atoms with Gasteiger partial charge in [-0.2, -0.15) is 0 Å². The molecule has 0 bridgehead atoms. The normalized spacial score (nSPS) is 10.7. The van der Waals surface area contributed by atoms with Gasteiger partial charge in [0.05, 0.1) is 6.42 Å². The molecule has 0 atom stereocenters. The van der Waals surface area contributed by atoms with Crippen molar-refractivity contribution in [2.45, 2.75) is 26.8 Å². The van der Waals surface area contributed by atoms with E-state index in [0.717, 1.165) is 11.1 Å². The molecule has 2 heteroatoms. The van der Waals surface area contributed by atoms with Crippen LogP contribution in [0.25, 0.3) is 10.8 Å². The van der Waals surface area contributed by atoms with Crippen LogP contribution in [0.2, 0.25) is 0 Å². The van der Waals surface area contributed by atoms with Gasteiger partial charge in [-0.1, -0.05) is 66.2 Å². The third-order valence-corrected chi connectivity index (χ3v) is 4.21. The Kier molecular flexibility index (Phi) is 4.42. The van der Waals surface area contributed by atoms with Gasteiger partial charge >= 0.3 is 0 Å². The maximum absolute atomic E-state index is 12.2. The van der Waals surface area contributed by atoms with E-state index < -0.39 is 0 Å². The van der Waals surface area contributed by atoms with Gasteiger partial charge in [0.1, 0.15) is 0 Å². The fraction of sp³-hybridized carbons (Fsp3) is 0.190. The van der Waals surface area contributed by atoms with Crippen LogP contribution in [0.15, 0.2) is 60.7 Å². The maximum Gasteiger partial charge on any atom is 0.224 e. The number of aryl methyl sites for hydroxylation is 2. The summed E-state index contributed by atoms with van der Waals surface area (Å²) in [6, 6.07) is 20.7. The highest BCUT2D eigenvalue weighted by molar-refractivity contribution is 5.86. The Morgan fingerprint density at radius 1 is 0.913 bits per heavy atom. The van der Waals surface area contributed by atoms with Gasteiger partial charge in [0.15, 0.2) is 0 Å². The summed E-state index contributed by atoms with van der Waals surface area (Å²) in [4.78, 5) is 12.2. The Labute approximate surface area is 137 Å². The van der Waals surface area contributed by atoms with E-state index in [9.17, 15) is 4.79 Å². The zero-order chi connectivity index (χ0) is 16.2. The van der Waals surface area contributed by atoms with Gasteiger partial charge in [-0.3, -0.25) is 4.79 Å². The van der Waals surface area contributed by atoms with E-state index in [1.807, 2.05) is 24.3 Å². The van der Waals surface area contributed by atoms with Gasteiger partial charge in [-0.05, 0) is 41.3 Å². The van der Waals surface area contributed by atoms with E-state index in [1.54, 1.807) is 0 Å².